The molecule has 3 aromatic heterocycles. The fourth-order valence-electron chi connectivity index (χ4n) is 4.89. The number of rotatable bonds is 9. The summed E-state index contributed by atoms with van der Waals surface area (Å²) in [5.74, 6) is -0.0193. The first-order valence-electron chi connectivity index (χ1n) is 14.3. The predicted octanol–water partition coefficient (Wildman–Crippen LogP) is 4.79. The molecule has 0 aliphatic rings. The van der Waals surface area contributed by atoms with E-state index in [0.29, 0.717) is 34.4 Å². The monoisotopic (exact) mass is 622 g/mol. The zero-order valence-corrected chi connectivity index (χ0v) is 25.8. The van der Waals surface area contributed by atoms with Crippen molar-refractivity contribution < 1.29 is 19.0 Å². The molecule has 46 heavy (non-hydrogen) atoms. The van der Waals surface area contributed by atoms with Crippen LogP contribution in [0.4, 0.5) is 15.9 Å². The molecule has 0 bridgehead atoms. The molecule has 0 fully saturated rings. The number of halogens is 1. The highest BCUT2D eigenvalue weighted by Crippen LogP contribution is 2.30. The molecule has 234 valence electrons. The Hall–Kier alpha value is -5.67. The molecule has 2 aromatic carbocycles. The second-order valence-corrected chi connectivity index (χ2v) is 11.9. The third-order valence-electron chi connectivity index (χ3n) is 7.53. The third kappa shape index (κ3) is 6.00. The van der Waals surface area contributed by atoms with Crippen LogP contribution in [0.1, 0.15) is 43.6 Å². The van der Waals surface area contributed by atoms with E-state index in [2.05, 4.69) is 21.5 Å². The van der Waals surface area contributed by atoms with Crippen molar-refractivity contribution in [2.24, 2.45) is 7.05 Å². The van der Waals surface area contributed by atoms with Gasteiger partial charge in [0.15, 0.2) is 6.29 Å². The Morgan fingerprint density at radius 3 is 2.50 bits per heavy atom. The Morgan fingerprint density at radius 1 is 1.09 bits per heavy atom. The summed E-state index contributed by atoms with van der Waals surface area (Å²) in [6, 6.07) is 16.0. The fourth-order valence-corrected chi connectivity index (χ4v) is 4.89. The number of nitrogens with zero attached hydrogens (tertiary/aromatic N) is 5. The van der Waals surface area contributed by atoms with E-state index >= 15 is 4.39 Å². The van der Waals surface area contributed by atoms with Gasteiger partial charge in [-0.15, -0.1) is 0 Å². The van der Waals surface area contributed by atoms with Gasteiger partial charge in [-0.05, 0) is 81.1 Å². The van der Waals surface area contributed by atoms with Crippen LogP contribution in [-0.2, 0) is 12.5 Å². The average Bonchev–Trinajstić information content (AvgIpc) is 3.03. The number of fused-ring (bicyclic) bond motifs is 1. The molecule has 11 nitrogen and oxygen atoms in total. The van der Waals surface area contributed by atoms with Crippen molar-refractivity contribution in [3.8, 4) is 28.8 Å². The van der Waals surface area contributed by atoms with Gasteiger partial charge in [0.05, 0.1) is 41.1 Å². The molecule has 12 heteroatoms. The maximum atomic E-state index is 15.3. The molecular weight excluding hydrogens is 591 g/mol. The molecule has 0 atom stereocenters. The standard InChI is InChI=1S/C34H31FN6O5/c1-33(2,18-36)21-13-20-11-12-41(32(45)30(20)25(35)14-21)28-8-6-7-23(24(28)17-42)26-15-27(31(44)40(5)39-26)38-29-10-9-22(16-37-29)46-34(3,4)19-43/h6-17,43H,19H2,1-5H3,(H,37,38). The summed E-state index contributed by atoms with van der Waals surface area (Å²) in [4.78, 5) is 43.4. The SMILES string of the molecule is Cn1nc(-c2cccc(-n3ccc4cc(C(C)(C)C#N)cc(F)c4c3=O)c2C=O)cc(Nc2ccc(OC(C)(C)CO)cn2)c1=O. The number of aromatic nitrogens is 4. The number of ether oxygens (including phenoxy) is 1. The number of aryl methyl sites for hydroxylation is 1. The lowest BCUT2D eigenvalue weighted by Gasteiger charge is -2.23. The summed E-state index contributed by atoms with van der Waals surface area (Å²) in [5.41, 5.74) is -1.51. The summed E-state index contributed by atoms with van der Waals surface area (Å²) >= 11 is 0. The normalized spacial score (nSPS) is 11.7. The van der Waals surface area contributed by atoms with Crippen LogP contribution in [0.5, 0.6) is 5.75 Å². The molecule has 0 aliphatic heterocycles. The molecule has 0 amide bonds. The van der Waals surface area contributed by atoms with E-state index in [1.165, 1.54) is 36.1 Å². The second-order valence-electron chi connectivity index (χ2n) is 11.9. The van der Waals surface area contributed by atoms with Gasteiger partial charge in [0, 0.05) is 24.4 Å². The van der Waals surface area contributed by atoms with Crippen molar-refractivity contribution in [3.63, 3.8) is 0 Å². The zero-order chi connectivity index (χ0) is 33.4. The lowest BCUT2D eigenvalue weighted by molar-refractivity contribution is 0.0409. The summed E-state index contributed by atoms with van der Waals surface area (Å²) in [5, 5.41) is 26.4. The van der Waals surface area contributed by atoms with E-state index in [4.69, 9.17) is 4.74 Å². The molecule has 5 aromatic rings. The first kappa shape index (κ1) is 31.7. The van der Waals surface area contributed by atoms with Gasteiger partial charge in [0.1, 0.15) is 28.7 Å². The van der Waals surface area contributed by atoms with Gasteiger partial charge < -0.3 is 15.2 Å². The molecule has 0 aliphatic carbocycles. The number of hydrogen-bond acceptors (Lipinski definition) is 9. The third-order valence-corrected chi connectivity index (χ3v) is 7.53. The smallest absolute Gasteiger partial charge is 0.290 e. The molecule has 0 spiro atoms. The largest absolute Gasteiger partial charge is 0.484 e. The molecule has 0 saturated carbocycles. The van der Waals surface area contributed by atoms with E-state index in [0.717, 1.165) is 4.68 Å². The number of nitrogens with one attached hydrogen (secondary N) is 1. The number of aliphatic hydroxyl groups is 1. The maximum Gasteiger partial charge on any atom is 0.290 e. The number of benzene rings is 2. The zero-order valence-electron chi connectivity index (χ0n) is 25.8. The number of anilines is 2. The van der Waals surface area contributed by atoms with Crippen LogP contribution in [0.2, 0.25) is 0 Å². The van der Waals surface area contributed by atoms with Gasteiger partial charge in [-0.25, -0.2) is 14.1 Å². The lowest BCUT2D eigenvalue weighted by atomic mass is 9.85. The number of carbonyl (C=O) groups is 1. The Morgan fingerprint density at radius 2 is 1.85 bits per heavy atom. The van der Waals surface area contributed by atoms with Crippen molar-refractivity contribution in [2.45, 2.75) is 38.7 Å². The molecule has 2 N–H and O–H groups in total. The van der Waals surface area contributed by atoms with Crippen LogP contribution in [0, 0.1) is 17.1 Å². The second kappa shape index (κ2) is 12.0. The van der Waals surface area contributed by atoms with Gasteiger partial charge in [0.2, 0.25) is 0 Å². The Bertz CT molecular complexity index is 2150. The van der Waals surface area contributed by atoms with Crippen molar-refractivity contribution in [3.05, 3.63) is 105 Å². The van der Waals surface area contributed by atoms with E-state index in [1.54, 1.807) is 70.2 Å². The maximum absolute atomic E-state index is 15.3. The molecule has 0 unspecified atom stereocenters. The van der Waals surface area contributed by atoms with Gasteiger partial charge >= 0.3 is 0 Å². The van der Waals surface area contributed by atoms with Crippen molar-refractivity contribution in [1.29, 1.82) is 5.26 Å². The first-order chi connectivity index (χ1) is 21.8. The molecule has 0 saturated heterocycles. The lowest BCUT2D eigenvalue weighted by Crippen LogP contribution is -2.32. The van der Waals surface area contributed by atoms with Crippen LogP contribution in [0.3, 0.4) is 0 Å². The van der Waals surface area contributed by atoms with Crippen LogP contribution in [0.15, 0.2) is 76.6 Å². The van der Waals surface area contributed by atoms with E-state index in [-0.39, 0.29) is 34.6 Å². The quantitative estimate of drug-likeness (QED) is 0.221. The van der Waals surface area contributed by atoms with E-state index in [1.807, 2.05) is 0 Å². The predicted molar refractivity (Wildman–Crippen MR) is 171 cm³/mol. The summed E-state index contributed by atoms with van der Waals surface area (Å²) in [6.07, 6.45) is 3.47. The van der Waals surface area contributed by atoms with Crippen LogP contribution in [0.25, 0.3) is 27.7 Å². The highest BCUT2D eigenvalue weighted by atomic mass is 19.1. The Balaban J connectivity index is 1.56. The summed E-state index contributed by atoms with van der Waals surface area (Å²) in [6.45, 7) is 6.59. The van der Waals surface area contributed by atoms with E-state index < -0.39 is 28.0 Å². The number of aliphatic hydroxyl groups excluding tert-OH is 1. The van der Waals surface area contributed by atoms with Crippen LogP contribution >= 0.6 is 0 Å². The van der Waals surface area contributed by atoms with Gasteiger partial charge in [0.25, 0.3) is 11.1 Å². The number of hydrogen-bond donors (Lipinski definition) is 2. The van der Waals surface area contributed by atoms with Gasteiger partial charge in [-0.2, -0.15) is 10.4 Å². The molecule has 0 radical (unpaired) electrons. The number of carbonyl (C=O) groups excluding carboxylic acids is 1. The Kier molecular flexibility index (Phi) is 8.30. The fraction of sp³-hybridized carbons (Fsp3) is 0.235. The molecular formula is C34H31FN6O5. The number of pyridine rings is 2. The first-order valence-corrected chi connectivity index (χ1v) is 14.3. The molecule has 5 rings (SSSR count). The summed E-state index contributed by atoms with van der Waals surface area (Å²) < 4.78 is 23.3. The topological polar surface area (TPSA) is 152 Å². The van der Waals surface area contributed by atoms with Gasteiger partial charge in [-0.3, -0.25) is 19.0 Å². The van der Waals surface area contributed by atoms with Crippen molar-refractivity contribution in [2.75, 3.05) is 11.9 Å². The van der Waals surface area contributed by atoms with Crippen LogP contribution in [-0.4, -0.2) is 42.9 Å². The van der Waals surface area contributed by atoms with Crippen molar-refractivity contribution >= 4 is 28.6 Å². The van der Waals surface area contributed by atoms with Crippen LogP contribution < -0.4 is 21.2 Å². The van der Waals surface area contributed by atoms with Gasteiger partial charge in [-0.1, -0.05) is 12.1 Å². The minimum absolute atomic E-state index is 0.0924. The number of aldehydes is 1. The summed E-state index contributed by atoms with van der Waals surface area (Å²) in [7, 11) is 1.46. The minimum atomic E-state index is -0.967. The average molecular weight is 623 g/mol. The minimum Gasteiger partial charge on any atom is -0.484 e. The highest BCUT2D eigenvalue weighted by molar-refractivity contribution is 5.92. The highest BCUT2D eigenvalue weighted by Gasteiger charge is 2.24. The molecule has 3 heterocycles. The van der Waals surface area contributed by atoms with E-state index in [9.17, 15) is 24.8 Å². The number of nitriles is 1. The van der Waals surface area contributed by atoms with Crippen molar-refractivity contribution in [1.82, 2.24) is 19.3 Å². The Labute approximate surface area is 263 Å².